The van der Waals surface area contributed by atoms with Crippen molar-refractivity contribution in [1.29, 1.82) is 0 Å². The predicted molar refractivity (Wildman–Crippen MR) is 76.7 cm³/mol. The van der Waals surface area contributed by atoms with Crippen LogP contribution in [-0.4, -0.2) is 20.9 Å². The van der Waals surface area contributed by atoms with E-state index in [0.29, 0.717) is 11.2 Å². The van der Waals surface area contributed by atoms with Crippen molar-refractivity contribution in [3.05, 3.63) is 60.0 Å². The number of rotatable bonds is 2. The Morgan fingerprint density at radius 2 is 1.83 bits per heavy atom. The van der Waals surface area contributed by atoms with Gasteiger partial charge in [0, 0.05) is 24.3 Å². The van der Waals surface area contributed by atoms with E-state index in [-0.39, 0.29) is 11.3 Å². The van der Waals surface area contributed by atoms with E-state index < -0.39 is 17.6 Å². The van der Waals surface area contributed by atoms with Gasteiger partial charge in [0.05, 0.1) is 11.1 Å². The van der Waals surface area contributed by atoms with Gasteiger partial charge in [0.1, 0.15) is 5.52 Å². The first-order valence-electron chi connectivity index (χ1n) is 6.49. The summed E-state index contributed by atoms with van der Waals surface area (Å²) in [6, 6.07) is 5.87. The normalized spacial score (nSPS) is 11.4. The number of nitrogens with one attached hydrogen (secondary N) is 1. The molecule has 8 heteroatoms. The number of pyridine rings is 1. The van der Waals surface area contributed by atoms with Gasteiger partial charge in [-0.3, -0.25) is 9.78 Å². The van der Waals surface area contributed by atoms with Crippen molar-refractivity contribution < 1.29 is 18.0 Å². The second kappa shape index (κ2) is 5.64. The summed E-state index contributed by atoms with van der Waals surface area (Å²) in [7, 11) is 0. The van der Waals surface area contributed by atoms with Crippen LogP contribution in [0.5, 0.6) is 0 Å². The molecule has 0 spiro atoms. The quantitative estimate of drug-likeness (QED) is 0.787. The maximum Gasteiger partial charge on any atom is 0.416 e. The third-order valence-corrected chi connectivity index (χ3v) is 3.03. The highest BCUT2D eigenvalue weighted by molar-refractivity contribution is 6.05. The Kier molecular flexibility index (Phi) is 3.65. The molecule has 23 heavy (non-hydrogen) atoms. The smallest absolute Gasteiger partial charge is 0.322 e. The molecule has 2 aromatic heterocycles. The number of aromatic nitrogens is 3. The maximum atomic E-state index is 12.7. The van der Waals surface area contributed by atoms with Crippen LogP contribution < -0.4 is 5.32 Å². The van der Waals surface area contributed by atoms with Crippen molar-refractivity contribution in [3.63, 3.8) is 0 Å². The molecule has 0 saturated heterocycles. The van der Waals surface area contributed by atoms with E-state index in [1.807, 2.05) is 0 Å². The van der Waals surface area contributed by atoms with Gasteiger partial charge in [-0.25, -0.2) is 9.97 Å². The van der Waals surface area contributed by atoms with Gasteiger partial charge < -0.3 is 5.32 Å². The number of anilines is 1. The van der Waals surface area contributed by atoms with E-state index in [1.165, 1.54) is 36.8 Å². The molecule has 1 aromatic carbocycles. The molecular formula is C15H9F3N4O. The fourth-order valence-electron chi connectivity index (χ4n) is 1.96. The minimum absolute atomic E-state index is 0.0454. The number of carbonyl (C=O) groups excluding carboxylic acids is 1. The Morgan fingerprint density at radius 1 is 1.04 bits per heavy atom. The lowest BCUT2D eigenvalue weighted by Gasteiger charge is -2.10. The molecule has 5 nitrogen and oxygen atoms in total. The van der Waals surface area contributed by atoms with Crippen LogP contribution in [0.25, 0.3) is 11.2 Å². The molecule has 0 aliphatic heterocycles. The Bertz CT molecular complexity index is 880. The lowest BCUT2D eigenvalue weighted by molar-refractivity contribution is -0.137. The fourth-order valence-corrected chi connectivity index (χ4v) is 1.96. The summed E-state index contributed by atoms with van der Waals surface area (Å²) in [6.45, 7) is 0. The van der Waals surface area contributed by atoms with Crippen LogP contribution in [-0.2, 0) is 6.18 Å². The largest absolute Gasteiger partial charge is 0.416 e. The van der Waals surface area contributed by atoms with Crippen molar-refractivity contribution >= 4 is 22.8 Å². The summed E-state index contributed by atoms with van der Waals surface area (Å²) in [6.07, 6.45) is -0.253. The van der Waals surface area contributed by atoms with Crippen LogP contribution in [0.15, 0.2) is 48.9 Å². The Balaban J connectivity index is 1.86. The number of fused-ring (bicyclic) bond motifs is 1. The molecule has 116 valence electrons. The van der Waals surface area contributed by atoms with Gasteiger partial charge in [0.2, 0.25) is 0 Å². The Hall–Kier alpha value is -3.03. The van der Waals surface area contributed by atoms with Gasteiger partial charge in [-0.15, -0.1) is 0 Å². The number of alkyl halides is 3. The fraction of sp³-hybridized carbons (Fsp3) is 0.0667. The second-order valence-electron chi connectivity index (χ2n) is 4.66. The summed E-state index contributed by atoms with van der Waals surface area (Å²) < 4.78 is 38.0. The SMILES string of the molecule is O=C(Nc1cccc(C(F)(F)F)c1)c1cnc2nccnc2c1. The standard InChI is InChI=1S/C15H9F3N4O/c16-15(17,18)10-2-1-3-11(7-10)22-14(23)9-6-12-13(21-8-9)20-5-4-19-12/h1-8H,(H,22,23). The summed E-state index contributed by atoms with van der Waals surface area (Å²) in [5.41, 5.74) is 0.185. The van der Waals surface area contributed by atoms with Crippen molar-refractivity contribution in [2.45, 2.75) is 6.18 Å². The minimum atomic E-state index is -4.47. The molecule has 0 atom stereocenters. The highest BCUT2D eigenvalue weighted by Gasteiger charge is 2.30. The molecule has 0 fully saturated rings. The highest BCUT2D eigenvalue weighted by Crippen LogP contribution is 2.30. The van der Waals surface area contributed by atoms with E-state index in [0.717, 1.165) is 12.1 Å². The number of hydrogen-bond acceptors (Lipinski definition) is 4. The number of amides is 1. The molecule has 0 aliphatic carbocycles. The molecule has 0 bridgehead atoms. The van der Waals surface area contributed by atoms with Crippen LogP contribution in [0.4, 0.5) is 18.9 Å². The third-order valence-electron chi connectivity index (χ3n) is 3.03. The van der Waals surface area contributed by atoms with Gasteiger partial charge in [-0.1, -0.05) is 6.07 Å². The summed E-state index contributed by atoms with van der Waals surface area (Å²) in [5.74, 6) is -0.579. The molecule has 0 saturated carbocycles. The van der Waals surface area contributed by atoms with Crippen LogP contribution >= 0.6 is 0 Å². The number of nitrogens with zero attached hydrogens (tertiary/aromatic N) is 3. The van der Waals surface area contributed by atoms with Gasteiger partial charge in [-0.05, 0) is 24.3 Å². The first-order valence-corrected chi connectivity index (χ1v) is 6.49. The van der Waals surface area contributed by atoms with Crippen LogP contribution in [0.2, 0.25) is 0 Å². The van der Waals surface area contributed by atoms with E-state index in [2.05, 4.69) is 20.3 Å². The van der Waals surface area contributed by atoms with Gasteiger partial charge in [0.25, 0.3) is 5.91 Å². The van der Waals surface area contributed by atoms with Crippen LogP contribution in [0, 0.1) is 0 Å². The average Bonchev–Trinajstić information content (AvgIpc) is 2.54. The van der Waals surface area contributed by atoms with Gasteiger partial charge >= 0.3 is 6.18 Å². The molecule has 3 rings (SSSR count). The first-order chi connectivity index (χ1) is 10.9. The summed E-state index contributed by atoms with van der Waals surface area (Å²) >= 11 is 0. The third kappa shape index (κ3) is 3.25. The number of halogens is 3. The lowest BCUT2D eigenvalue weighted by Crippen LogP contribution is -2.13. The number of hydrogen-bond donors (Lipinski definition) is 1. The van der Waals surface area contributed by atoms with E-state index in [4.69, 9.17) is 0 Å². The lowest BCUT2D eigenvalue weighted by atomic mass is 10.2. The minimum Gasteiger partial charge on any atom is -0.322 e. The number of carbonyl (C=O) groups is 1. The molecule has 0 unspecified atom stereocenters. The highest BCUT2D eigenvalue weighted by atomic mass is 19.4. The predicted octanol–water partition coefficient (Wildman–Crippen LogP) is 3.30. The van der Waals surface area contributed by atoms with E-state index in [1.54, 1.807) is 0 Å². The Morgan fingerprint density at radius 3 is 2.61 bits per heavy atom. The van der Waals surface area contributed by atoms with Crippen molar-refractivity contribution in [2.24, 2.45) is 0 Å². The van der Waals surface area contributed by atoms with Crippen molar-refractivity contribution in [1.82, 2.24) is 15.0 Å². The topological polar surface area (TPSA) is 67.8 Å². The van der Waals surface area contributed by atoms with Crippen molar-refractivity contribution in [2.75, 3.05) is 5.32 Å². The summed E-state index contributed by atoms with van der Waals surface area (Å²) in [4.78, 5) is 24.1. The maximum absolute atomic E-state index is 12.7. The average molecular weight is 318 g/mol. The van der Waals surface area contributed by atoms with Gasteiger partial charge in [-0.2, -0.15) is 13.2 Å². The first kappa shape index (κ1) is 14.9. The zero-order chi connectivity index (χ0) is 16.4. The molecular weight excluding hydrogens is 309 g/mol. The molecule has 3 aromatic rings. The Labute approximate surface area is 128 Å². The van der Waals surface area contributed by atoms with Gasteiger partial charge in [0.15, 0.2) is 5.65 Å². The summed E-state index contributed by atoms with van der Waals surface area (Å²) in [5, 5.41) is 2.41. The molecule has 2 heterocycles. The molecule has 1 amide bonds. The zero-order valence-electron chi connectivity index (χ0n) is 11.5. The van der Waals surface area contributed by atoms with E-state index in [9.17, 15) is 18.0 Å². The zero-order valence-corrected chi connectivity index (χ0v) is 11.5. The van der Waals surface area contributed by atoms with Crippen molar-refractivity contribution in [3.8, 4) is 0 Å². The monoisotopic (exact) mass is 318 g/mol. The number of benzene rings is 1. The second-order valence-corrected chi connectivity index (χ2v) is 4.66. The molecule has 1 N–H and O–H groups in total. The molecule has 0 radical (unpaired) electrons. The molecule has 0 aliphatic rings. The van der Waals surface area contributed by atoms with Crippen LogP contribution in [0.1, 0.15) is 15.9 Å². The van der Waals surface area contributed by atoms with Crippen LogP contribution in [0.3, 0.4) is 0 Å². The van der Waals surface area contributed by atoms with E-state index >= 15 is 0 Å².